The van der Waals surface area contributed by atoms with Gasteiger partial charge in [0, 0.05) is 71.1 Å². The predicted molar refractivity (Wildman–Crippen MR) is 285 cm³/mol. The summed E-state index contributed by atoms with van der Waals surface area (Å²) in [5.74, 6) is -5.96. The first-order valence-corrected chi connectivity index (χ1v) is 27.7. The second-order valence-electron chi connectivity index (χ2n) is 22.4. The molecule has 3 N–H and O–H groups in total. The van der Waals surface area contributed by atoms with Crippen molar-refractivity contribution in [3.05, 3.63) is 34.2 Å². The molecule has 438 valence electrons. The maximum absolute atomic E-state index is 14.8. The van der Waals surface area contributed by atoms with Crippen LogP contribution in [0.5, 0.6) is 0 Å². The van der Waals surface area contributed by atoms with Crippen LogP contribution in [0.15, 0.2) is 28.3 Å². The normalized spacial score (nSPS) is 37.0. The molecule has 0 aromatic carbocycles. The van der Waals surface area contributed by atoms with Gasteiger partial charge in [-0.2, -0.15) is 0 Å². The number of carbonyl (C=O) groups excluding carboxylic acids is 4. The third-order valence-corrected chi connectivity index (χ3v) is 17.2. The highest BCUT2D eigenvalue weighted by molar-refractivity contribution is 7.99. The van der Waals surface area contributed by atoms with Crippen molar-refractivity contribution in [2.75, 3.05) is 66.3 Å². The number of cyclic esters (lactones) is 1. The lowest BCUT2D eigenvalue weighted by Crippen LogP contribution is -2.61. The van der Waals surface area contributed by atoms with Crippen LogP contribution in [0.3, 0.4) is 0 Å². The number of ether oxygens (including phenoxy) is 10. The van der Waals surface area contributed by atoms with E-state index in [4.69, 9.17) is 47.4 Å². The average molecular weight is 1120 g/mol. The Morgan fingerprint density at radius 2 is 1.59 bits per heavy atom. The summed E-state index contributed by atoms with van der Waals surface area (Å²) in [6, 6.07) is 1.21. The monoisotopic (exact) mass is 1120 g/mol. The van der Waals surface area contributed by atoms with Crippen LogP contribution < -0.4 is 15.8 Å². The molecule has 0 spiro atoms. The van der Waals surface area contributed by atoms with Crippen molar-refractivity contribution in [3.63, 3.8) is 0 Å². The minimum atomic E-state index is -1.54. The van der Waals surface area contributed by atoms with Gasteiger partial charge in [0.25, 0.3) is 0 Å². The molecule has 0 aliphatic carbocycles. The summed E-state index contributed by atoms with van der Waals surface area (Å²) in [6.07, 6.45) is -7.16. The highest BCUT2D eigenvalue weighted by Gasteiger charge is 2.60. The lowest BCUT2D eigenvalue weighted by atomic mass is 9.74. The molecule has 2 aromatic rings. The van der Waals surface area contributed by atoms with Gasteiger partial charge in [0.2, 0.25) is 5.43 Å². The Hall–Kier alpha value is -4.50. The second-order valence-corrected chi connectivity index (χ2v) is 23.5. The summed E-state index contributed by atoms with van der Waals surface area (Å²) >= 11 is 1.31. The van der Waals surface area contributed by atoms with Crippen LogP contribution in [-0.4, -0.2) is 200 Å². The van der Waals surface area contributed by atoms with Crippen molar-refractivity contribution in [2.24, 2.45) is 23.7 Å². The Kier molecular flexibility index (Phi) is 20.5. The van der Waals surface area contributed by atoms with Crippen molar-refractivity contribution in [1.29, 1.82) is 0 Å². The van der Waals surface area contributed by atoms with Gasteiger partial charge < -0.3 is 72.8 Å². The van der Waals surface area contributed by atoms with Crippen molar-refractivity contribution in [2.45, 2.75) is 184 Å². The van der Waals surface area contributed by atoms with Gasteiger partial charge in [0.05, 0.1) is 70.5 Å². The molecule has 18 atom stereocenters. The molecule has 78 heavy (non-hydrogen) atoms. The molecule has 0 saturated carbocycles. The fourth-order valence-electron chi connectivity index (χ4n) is 11.8. The van der Waals surface area contributed by atoms with Crippen LogP contribution in [0, 0.1) is 23.7 Å². The standard InChI is InChI=1S/C54H83N5O18S/c1-17-37-54(10)46(76-51(67)77-54)29(4)41(61)27(2)22-52(8,68-15)45(75-50-43(63)35(57(11)12)20-28(3)70-50)30(5)44(31(6)49(66)72-37)74-40-23-53(9,69-16)47(32(7)71-40)73-39(60)25-55-18-19-78-38-21-33-36(24-56-38)59(58(13)14)26-34(42(33)62)48(64)65/h21,24,26-32,35,37,40,43-47,50,55,63H,17-20,22-23,25H2,1-16H3,(H,64,65)/t27-,28-,29+,30+,31-,32+,35+,37-,40+,43-,44+,45-,46-,47+,50+,52-,53-,54-/m1/s1. The van der Waals surface area contributed by atoms with E-state index in [2.05, 4.69) is 10.3 Å². The van der Waals surface area contributed by atoms with E-state index in [0.29, 0.717) is 29.3 Å². The van der Waals surface area contributed by atoms with E-state index < -0.39 is 125 Å². The molecular weight excluding hydrogens is 1040 g/mol. The van der Waals surface area contributed by atoms with E-state index in [1.165, 1.54) is 38.4 Å². The number of thioether (sulfide) groups is 1. The fraction of sp³-hybridized carbons (Fsp3) is 0.759. The number of carboxylic acid groups (broad SMARTS) is 1. The fourth-order valence-corrected chi connectivity index (χ4v) is 12.5. The largest absolute Gasteiger partial charge is 0.509 e. The van der Waals surface area contributed by atoms with Gasteiger partial charge in [-0.25, -0.2) is 14.6 Å². The molecule has 24 heteroatoms. The summed E-state index contributed by atoms with van der Waals surface area (Å²) in [6.45, 7) is 17.6. The molecular formula is C54H83N5O18S. The number of hydrogen-bond acceptors (Lipinski definition) is 22. The number of esters is 2. The Morgan fingerprint density at radius 3 is 2.21 bits per heavy atom. The van der Waals surface area contributed by atoms with E-state index in [1.807, 2.05) is 32.8 Å². The van der Waals surface area contributed by atoms with E-state index >= 15 is 0 Å². The zero-order valence-electron chi connectivity index (χ0n) is 48.0. The summed E-state index contributed by atoms with van der Waals surface area (Å²) in [7, 11) is 10.2. The lowest BCUT2D eigenvalue weighted by molar-refractivity contribution is -0.320. The Bertz CT molecular complexity index is 2540. The quantitative estimate of drug-likeness (QED) is 0.0868. The molecule has 6 rings (SSSR count). The number of aliphatic hydroxyl groups excluding tert-OH is 1. The third kappa shape index (κ3) is 13.3. The molecule has 23 nitrogen and oxygen atoms in total. The lowest BCUT2D eigenvalue weighted by Gasteiger charge is -2.50. The predicted octanol–water partition coefficient (Wildman–Crippen LogP) is 4.16. The van der Waals surface area contributed by atoms with Crippen molar-refractivity contribution in [1.82, 2.24) is 19.9 Å². The minimum Gasteiger partial charge on any atom is -0.477 e. The van der Waals surface area contributed by atoms with Gasteiger partial charge in [0.1, 0.15) is 29.2 Å². The number of aliphatic hydroxyl groups is 1. The van der Waals surface area contributed by atoms with Crippen LogP contribution in [0.1, 0.15) is 105 Å². The van der Waals surface area contributed by atoms with E-state index in [-0.39, 0.29) is 54.7 Å². The zero-order chi connectivity index (χ0) is 57.9. The van der Waals surface area contributed by atoms with E-state index in [9.17, 15) is 39.0 Å². The average Bonchev–Trinajstić information content (AvgIpc) is 3.73. The first kappa shape index (κ1) is 62.7. The van der Waals surface area contributed by atoms with Gasteiger partial charge in [0.15, 0.2) is 30.4 Å². The summed E-state index contributed by atoms with van der Waals surface area (Å²) in [5, 5.41) is 26.9. The number of fused-ring (bicyclic) bond motifs is 2. The van der Waals surface area contributed by atoms with Crippen LogP contribution in [0.4, 0.5) is 4.79 Å². The zero-order valence-corrected chi connectivity index (χ0v) is 48.8. The van der Waals surface area contributed by atoms with Crippen molar-refractivity contribution < 1.29 is 81.6 Å². The molecule has 0 radical (unpaired) electrons. The van der Waals surface area contributed by atoms with Crippen LogP contribution >= 0.6 is 11.8 Å². The van der Waals surface area contributed by atoms with E-state index in [1.54, 1.807) is 85.2 Å². The number of nitrogens with zero attached hydrogens (tertiary/aromatic N) is 4. The molecule has 4 aliphatic rings. The Labute approximate surface area is 460 Å². The first-order chi connectivity index (χ1) is 36.5. The van der Waals surface area contributed by atoms with E-state index in [0.717, 1.165) is 0 Å². The molecule has 0 unspecified atom stereocenters. The SMILES string of the molecule is CC[C@H]1OC(=O)[C@H](C)[C@@H](O[C@H]2C[C@@](C)(OC)[C@@H](OC(=O)CNCCSc3cc4c(=O)c(C(=O)O)cn(N(C)C)c4cn3)[C@H](C)O2)[C@H](C)[C@@H](O[C@@H]2O[C@H](C)C[C@H](N(C)C)[C@H]2O)[C@](C)(OC)C[C@@H](C)C(=O)[C@H](C)[C@H]2OC(=O)O[C@@]21C. The van der Waals surface area contributed by atoms with Crippen molar-refractivity contribution in [3.8, 4) is 0 Å². The number of carboxylic acids is 1. The number of likely N-dealkylation sites (N-methyl/N-ethyl adjacent to an activating group) is 1. The van der Waals surface area contributed by atoms with Crippen molar-refractivity contribution >= 4 is 52.5 Å². The Balaban J connectivity index is 1.23. The first-order valence-electron chi connectivity index (χ1n) is 26.7. The number of rotatable bonds is 17. The van der Waals surface area contributed by atoms with Crippen LogP contribution in [0.2, 0.25) is 0 Å². The van der Waals surface area contributed by atoms with Gasteiger partial charge >= 0.3 is 24.1 Å². The number of methoxy groups -OCH3 is 2. The van der Waals surface area contributed by atoms with Gasteiger partial charge in [-0.15, -0.1) is 11.8 Å². The molecule has 4 aliphatic heterocycles. The third-order valence-electron chi connectivity index (χ3n) is 16.3. The maximum Gasteiger partial charge on any atom is 0.509 e. The molecule has 0 bridgehead atoms. The smallest absolute Gasteiger partial charge is 0.477 e. The highest BCUT2D eigenvalue weighted by atomic mass is 32.2. The number of hydrogen-bond donors (Lipinski definition) is 3. The highest BCUT2D eigenvalue weighted by Crippen LogP contribution is 2.44. The molecule has 4 saturated heterocycles. The summed E-state index contributed by atoms with van der Waals surface area (Å²) in [5.41, 5.74) is -4.60. The number of aromatic carboxylic acids is 1. The maximum atomic E-state index is 14.8. The number of Topliss-reactive ketones (excluding diaryl/α,β-unsaturated/α-hetero) is 1. The molecule has 2 aromatic heterocycles. The van der Waals surface area contributed by atoms with Gasteiger partial charge in [-0.3, -0.25) is 23.9 Å². The number of aromatic nitrogens is 2. The van der Waals surface area contributed by atoms with Crippen LogP contribution in [-0.2, 0) is 61.8 Å². The molecule has 0 amide bonds. The minimum absolute atomic E-state index is 0.0147. The topological polar surface area (TPSA) is 272 Å². The second kappa shape index (κ2) is 25.5. The number of carbonyl (C=O) groups is 5. The number of ketones is 1. The summed E-state index contributed by atoms with van der Waals surface area (Å²) < 4.78 is 64.7. The number of pyridine rings is 2. The Morgan fingerprint density at radius 1 is 0.923 bits per heavy atom. The van der Waals surface area contributed by atoms with Gasteiger partial charge in [-0.1, -0.05) is 27.7 Å². The number of nitrogens with one attached hydrogen (secondary N) is 1. The van der Waals surface area contributed by atoms with Gasteiger partial charge in [-0.05, 0) is 81.0 Å². The molecule has 6 heterocycles. The van der Waals surface area contributed by atoms with Crippen LogP contribution in [0.25, 0.3) is 10.9 Å². The summed E-state index contributed by atoms with van der Waals surface area (Å²) in [4.78, 5) is 87.0. The molecule has 4 fully saturated rings.